The SMILES string of the molecule is O=C(NCc1cc2ccccc2o1)c1ccncc1. The van der Waals surface area contributed by atoms with Gasteiger partial charge < -0.3 is 9.73 Å². The van der Waals surface area contributed by atoms with Crippen LogP contribution in [0, 0.1) is 0 Å². The Labute approximate surface area is 110 Å². The summed E-state index contributed by atoms with van der Waals surface area (Å²) in [6.45, 7) is 0.371. The molecule has 19 heavy (non-hydrogen) atoms. The fraction of sp³-hybridized carbons (Fsp3) is 0.0667. The molecule has 0 spiro atoms. The van der Waals surface area contributed by atoms with Gasteiger partial charge in [-0.3, -0.25) is 9.78 Å². The van der Waals surface area contributed by atoms with Crippen LogP contribution in [0.15, 0.2) is 59.3 Å². The number of benzene rings is 1. The van der Waals surface area contributed by atoms with E-state index < -0.39 is 0 Å². The van der Waals surface area contributed by atoms with Crippen molar-refractivity contribution in [3.8, 4) is 0 Å². The van der Waals surface area contributed by atoms with Gasteiger partial charge in [0.15, 0.2) is 0 Å². The average molecular weight is 252 g/mol. The first-order chi connectivity index (χ1) is 9.33. The zero-order valence-electron chi connectivity index (χ0n) is 10.2. The standard InChI is InChI=1S/C15H12N2O2/c18-15(11-5-7-16-8-6-11)17-10-13-9-12-3-1-2-4-14(12)19-13/h1-9H,10H2,(H,17,18). The smallest absolute Gasteiger partial charge is 0.251 e. The summed E-state index contributed by atoms with van der Waals surface area (Å²) in [6, 6.07) is 13.0. The van der Waals surface area contributed by atoms with Gasteiger partial charge in [0.2, 0.25) is 0 Å². The third kappa shape index (κ3) is 2.47. The number of furan rings is 1. The Morgan fingerprint density at radius 1 is 1.16 bits per heavy atom. The van der Waals surface area contributed by atoms with Gasteiger partial charge in [0.25, 0.3) is 5.91 Å². The molecule has 0 fully saturated rings. The van der Waals surface area contributed by atoms with E-state index in [4.69, 9.17) is 4.42 Å². The number of aromatic nitrogens is 1. The van der Waals surface area contributed by atoms with E-state index in [0.717, 1.165) is 16.7 Å². The van der Waals surface area contributed by atoms with E-state index in [1.165, 1.54) is 0 Å². The molecule has 2 heterocycles. The number of amides is 1. The van der Waals surface area contributed by atoms with Crippen molar-refractivity contribution in [3.05, 3.63) is 66.2 Å². The molecule has 1 N–H and O–H groups in total. The molecule has 0 unspecified atom stereocenters. The van der Waals surface area contributed by atoms with E-state index in [9.17, 15) is 4.79 Å². The van der Waals surface area contributed by atoms with Crippen molar-refractivity contribution in [2.75, 3.05) is 0 Å². The molecule has 0 atom stereocenters. The predicted octanol–water partition coefficient (Wildman–Crippen LogP) is 2.76. The van der Waals surface area contributed by atoms with E-state index in [1.807, 2.05) is 30.3 Å². The topological polar surface area (TPSA) is 55.1 Å². The molecule has 0 bridgehead atoms. The summed E-state index contributed by atoms with van der Waals surface area (Å²) >= 11 is 0. The average Bonchev–Trinajstić information content (AvgIpc) is 2.88. The molecule has 2 aromatic heterocycles. The second-order valence-corrected chi connectivity index (χ2v) is 4.17. The summed E-state index contributed by atoms with van der Waals surface area (Å²) in [7, 11) is 0. The first-order valence-corrected chi connectivity index (χ1v) is 5.98. The Balaban J connectivity index is 1.71. The van der Waals surface area contributed by atoms with Crippen LogP contribution in [0.4, 0.5) is 0 Å². The second-order valence-electron chi connectivity index (χ2n) is 4.17. The van der Waals surface area contributed by atoms with Crippen LogP contribution in [0.3, 0.4) is 0 Å². The van der Waals surface area contributed by atoms with Crippen LogP contribution in [0.5, 0.6) is 0 Å². The van der Waals surface area contributed by atoms with Gasteiger partial charge in [-0.05, 0) is 24.3 Å². The number of carbonyl (C=O) groups excluding carboxylic acids is 1. The van der Waals surface area contributed by atoms with Crippen molar-refractivity contribution in [2.24, 2.45) is 0 Å². The van der Waals surface area contributed by atoms with E-state index in [-0.39, 0.29) is 5.91 Å². The number of nitrogens with one attached hydrogen (secondary N) is 1. The van der Waals surface area contributed by atoms with Crippen molar-refractivity contribution in [3.63, 3.8) is 0 Å². The predicted molar refractivity (Wildman–Crippen MR) is 71.6 cm³/mol. The third-order valence-corrected chi connectivity index (χ3v) is 2.84. The van der Waals surface area contributed by atoms with Gasteiger partial charge in [0.1, 0.15) is 11.3 Å². The van der Waals surface area contributed by atoms with Crippen molar-refractivity contribution >= 4 is 16.9 Å². The quantitative estimate of drug-likeness (QED) is 0.779. The third-order valence-electron chi connectivity index (χ3n) is 2.84. The van der Waals surface area contributed by atoms with Crippen molar-refractivity contribution in [1.29, 1.82) is 0 Å². The Bertz CT molecular complexity index is 671. The van der Waals surface area contributed by atoms with Crippen LogP contribution < -0.4 is 5.32 Å². The number of rotatable bonds is 3. The molecule has 3 rings (SSSR count). The molecule has 1 amide bonds. The molecule has 4 heteroatoms. The van der Waals surface area contributed by atoms with Crippen molar-refractivity contribution in [1.82, 2.24) is 10.3 Å². The summed E-state index contributed by atoms with van der Waals surface area (Å²) in [5.41, 5.74) is 1.42. The number of pyridine rings is 1. The summed E-state index contributed by atoms with van der Waals surface area (Å²) < 4.78 is 5.63. The fourth-order valence-electron chi connectivity index (χ4n) is 1.90. The molecule has 0 aliphatic heterocycles. The molecule has 0 aliphatic carbocycles. The molecule has 4 nitrogen and oxygen atoms in total. The number of hydrogen-bond acceptors (Lipinski definition) is 3. The Hall–Kier alpha value is -2.62. The van der Waals surface area contributed by atoms with Crippen LogP contribution in [0.25, 0.3) is 11.0 Å². The minimum atomic E-state index is -0.136. The maximum absolute atomic E-state index is 11.9. The van der Waals surface area contributed by atoms with Crippen LogP contribution >= 0.6 is 0 Å². The maximum atomic E-state index is 11.9. The molecule has 0 saturated carbocycles. The van der Waals surface area contributed by atoms with Gasteiger partial charge in [-0.25, -0.2) is 0 Å². The lowest BCUT2D eigenvalue weighted by molar-refractivity contribution is 0.0948. The number of fused-ring (bicyclic) bond motifs is 1. The first-order valence-electron chi connectivity index (χ1n) is 5.98. The number of para-hydroxylation sites is 1. The molecule has 0 aliphatic rings. The Kier molecular flexibility index (Phi) is 2.98. The highest BCUT2D eigenvalue weighted by Crippen LogP contribution is 2.18. The van der Waals surface area contributed by atoms with Crippen LogP contribution in [-0.2, 0) is 6.54 Å². The monoisotopic (exact) mass is 252 g/mol. The highest BCUT2D eigenvalue weighted by Gasteiger charge is 2.07. The highest BCUT2D eigenvalue weighted by atomic mass is 16.3. The zero-order valence-corrected chi connectivity index (χ0v) is 10.2. The number of nitrogens with zero attached hydrogens (tertiary/aromatic N) is 1. The Morgan fingerprint density at radius 2 is 1.95 bits per heavy atom. The molecule has 0 saturated heterocycles. The zero-order chi connectivity index (χ0) is 13.1. The minimum Gasteiger partial charge on any atom is -0.459 e. The Morgan fingerprint density at radius 3 is 2.74 bits per heavy atom. The summed E-state index contributed by atoms with van der Waals surface area (Å²) in [6.07, 6.45) is 3.19. The molecular formula is C15H12N2O2. The first kappa shape index (κ1) is 11.5. The van der Waals surface area contributed by atoms with Crippen LogP contribution in [0.1, 0.15) is 16.1 Å². The molecule has 94 valence electrons. The van der Waals surface area contributed by atoms with E-state index in [2.05, 4.69) is 10.3 Å². The van der Waals surface area contributed by atoms with Gasteiger partial charge in [0, 0.05) is 23.3 Å². The highest BCUT2D eigenvalue weighted by molar-refractivity contribution is 5.93. The van der Waals surface area contributed by atoms with Gasteiger partial charge in [-0.15, -0.1) is 0 Å². The van der Waals surface area contributed by atoms with E-state index in [1.54, 1.807) is 24.5 Å². The lowest BCUT2D eigenvalue weighted by Gasteiger charge is -2.02. The maximum Gasteiger partial charge on any atom is 0.251 e. The van der Waals surface area contributed by atoms with Crippen LogP contribution in [0.2, 0.25) is 0 Å². The van der Waals surface area contributed by atoms with Gasteiger partial charge in [-0.1, -0.05) is 18.2 Å². The van der Waals surface area contributed by atoms with Gasteiger partial charge in [0.05, 0.1) is 6.54 Å². The number of hydrogen-bond donors (Lipinski definition) is 1. The lowest BCUT2D eigenvalue weighted by Crippen LogP contribution is -2.22. The van der Waals surface area contributed by atoms with E-state index in [0.29, 0.717) is 12.1 Å². The summed E-state index contributed by atoms with van der Waals surface area (Å²) in [5.74, 6) is 0.603. The van der Waals surface area contributed by atoms with Crippen LogP contribution in [-0.4, -0.2) is 10.9 Å². The largest absolute Gasteiger partial charge is 0.459 e. The molecule has 1 aromatic carbocycles. The van der Waals surface area contributed by atoms with Crippen molar-refractivity contribution < 1.29 is 9.21 Å². The van der Waals surface area contributed by atoms with Crippen molar-refractivity contribution in [2.45, 2.75) is 6.54 Å². The molecule has 0 radical (unpaired) electrons. The molecular weight excluding hydrogens is 240 g/mol. The number of carbonyl (C=O) groups is 1. The van der Waals surface area contributed by atoms with Gasteiger partial charge in [-0.2, -0.15) is 0 Å². The molecule has 3 aromatic rings. The van der Waals surface area contributed by atoms with E-state index >= 15 is 0 Å². The lowest BCUT2D eigenvalue weighted by atomic mass is 10.2. The fourth-order valence-corrected chi connectivity index (χ4v) is 1.90. The van der Waals surface area contributed by atoms with Gasteiger partial charge >= 0.3 is 0 Å². The minimum absolute atomic E-state index is 0.136. The second kappa shape index (κ2) is 4.94. The summed E-state index contributed by atoms with van der Waals surface area (Å²) in [5, 5.41) is 3.85. The normalized spacial score (nSPS) is 10.5. The summed E-state index contributed by atoms with van der Waals surface area (Å²) in [4.78, 5) is 15.7.